The van der Waals surface area contributed by atoms with E-state index in [1.807, 2.05) is 90.8 Å². The van der Waals surface area contributed by atoms with Crippen LogP contribution in [0.3, 0.4) is 0 Å². The van der Waals surface area contributed by atoms with Crippen LogP contribution in [0.5, 0.6) is 5.75 Å². The minimum Gasteiger partial charge on any atom is -0.508 e. The van der Waals surface area contributed by atoms with Crippen molar-refractivity contribution in [3.8, 4) is 5.75 Å². The molecule has 0 aromatic heterocycles. The van der Waals surface area contributed by atoms with Crippen LogP contribution in [0.25, 0.3) is 0 Å². The Kier molecular flexibility index (Phi) is 10.8. The summed E-state index contributed by atoms with van der Waals surface area (Å²) < 4.78 is 13.1. The van der Waals surface area contributed by atoms with E-state index < -0.39 is 12.4 Å². The fraction of sp³-hybridized carbons (Fsp3) is 0.306. The van der Waals surface area contributed by atoms with E-state index >= 15 is 0 Å². The highest BCUT2D eigenvalue weighted by Gasteiger charge is 2.39. The number of aliphatic hydroxyl groups is 2. The molecule has 5 N–H and O–H groups in total. The maximum Gasteiger partial charge on any atom is 0.319 e. The van der Waals surface area contributed by atoms with Crippen molar-refractivity contribution in [2.24, 2.45) is 5.92 Å². The average Bonchev–Trinajstić information content (AvgIpc) is 3.05. The number of likely N-dealkylation sites (N-methyl/N-ethyl adjacent to an activating group) is 1. The molecule has 0 aliphatic carbocycles. The zero-order chi connectivity index (χ0) is 31.8. The molecule has 5 rings (SSSR count). The summed E-state index contributed by atoms with van der Waals surface area (Å²) in [6.45, 7) is 3.31. The lowest BCUT2D eigenvalue weighted by Gasteiger charge is -2.42. The molecular weight excluding hydrogens is 570 g/mol. The van der Waals surface area contributed by atoms with E-state index in [-0.39, 0.29) is 36.5 Å². The number of carbonyl (C=O) groups excluding carboxylic acids is 1. The zero-order valence-electron chi connectivity index (χ0n) is 25.5. The quantitative estimate of drug-likeness (QED) is 0.148. The van der Waals surface area contributed by atoms with Crippen LogP contribution >= 0.6 is 0 Å². The minimum atomic E-state index is -0.786. The van der Waals surface area contributed by atoms with Crippen molar-refractivity contribution < 1.29 is 29.6 Å². The van der Waals surface area contributed by atoms with Gasteiger partial charge in [-0.05, 0) is 53.6 Å². The van der Waals surface area contributed by atoms with Crippen molar-refractivity contribution in [2.45, 2.75) is 44.7 Å². The number of nitrogens with zero attached hydrogens (tertiary/aromatic N) is 1. The minimum absolute atomic E-state index is 0.0409. The Morgan fingerprint density at radius 1 is 0.889 bits per heavy atom. The fourth-order valence-corrected chi connectivity index (χ4v) is 5.56. The highest BCUT2D eigenvalue weighted by Crippen LogP contribution is 2.42. The monoisotopic (exact) mass is 611 g/mol. The van der Waals surface area contributed by atoms with E-state index in [4.69, 9.17) is 9.47 Å². The molecule has 9 heteroatoms. The van der Waals surface area contributed by atoms with Gasteiger partial charge in [-0.2, -0.15) is 0 Å². The van der Waals surface area contributed by atoms with Gasteiger partial charge < -0.3 is 40.3 Å². The summed E-state index contributed by atoms with van der Waals surface area (Å²) >= 11 is 0. The molecule has 0 saturated carbocycles. The van der Waals surface area contributed by atoms with Crippen molar-refractivity contribution in [3.63, 3.8) is 0 Å². The first-order valence-corrected chi connectivity index (χ1v) is 15.1. The maximum atomic E-state index is 12.6. The first-order valence-electron chi connectivity index (χ1n) is 15.1. The number of aromatic hydroxyl groups is 1. The van der Waals surface area contributed by atoms with Gasteiger partial charge in [0.05, 0.1) is 24.9 Å². The lowest BCUT2D eigenvalue weighted by atomic mass is 9.90. The molecule has 1 aliphatic heterocycles. The van der Waals surface area contributed by atoms with Crippen molar-refractivity contribution in [1.29, 1.82) is 0 Å². The third-order valence-electron chi connectivity index (χ3n) is 8.07. The number of ether oxygens (including phenoxy) is 2. The van der Waals surface area contributed by atoms with Gasteiger partial charge >= 0.3 is 6.03 Å². The molecule has 0 spiro atoms. The van der Waals surface area contributed by atoms with Crippen molar-refractivity contribution in [3.05, 3.63) is 131 Å². The number of aliphatic hydroxyl groups excluding tert-OH is 2. The van der Waals surface area contributed by atoms with E-state index in [0.717, 1.165) is 22.3 Å². The van der Waals surface area contributed by atoms with Crippen LogP contribution in [0.4, 0.5) is 10.5 Å². The molecule has 45 heavy (non-hydrogen) atoms. The molecule has 2 amide bonds. The number of rotatable bonds is 11. The largest absolute Gasteiger partial charge is 0.508 e. The molecule has 1 saturated heterocycles. The van der Waals surface area contributed by atoms with Crippen molar-refractivity contribution in [1.82, 2.24) is 10.2 Å². The van der Waals surface area contributed by atoms with Gasteiger partial charge in [0.1, 0.15) is 5.75 Å². The van der Waals surface area contributed by atoms with Crippen LogP contribution in [0.2, 0.25) is 0 Å². The van der Waals surface area contributed by atoms with Crippen LogP contribution in [-0.2, 0) is 22.6 Å². The molecule has 5 atom stereocenters. The molecule has 0 bridgehead atoms. The number of nitrogens with one attached hydrogen (secondary N) is 2. The van der Waals surface area contributed by atoms with Gasteiger partial charge in [0, 0.05) is 36.8 Å². The summed E-state index contributed by atoms with van der Waals surface area (Å²) in [5, 5.41) is 36.0. The smallest absolute Gasteiger partial charge is 0.319 e. The van der Waals surface area contributed by atoms with Crippen LogP contribution in [-0.4, -0.2) is 52.5 Å². The molecule has 0 radical (unpaired) electrons. The second kappa shape index (κ2) is 15.2. The SMILES string of the molecule is C[C@H]1[C@@H](CN(C)C[C@@H](O)c2cccc(O)c2)O[C@@H](c2cccc(NC(=O)NCc3ccccc3)c2)O[C@H]1c1ccc(CO)cc1. The van der Waals surface area contributed by atoms with Crippen molar-refractivity contribution in [2.75, 3.05) is 25.5 Å². The Morgan fingerprint density at radius 3 is 2.38 bits per heavy atom. The third-order valence-corrected chi connectivity index (χ3v) is 8.07. The number of benzene rings is 4. The zero-order valence-corrected chi connectivity index (χ0v) is 25.5. The molecule has 1 aliphatic rings. The number of anilines is 1. The topological polar surface area (TPSA) is 124 Å². The standard InChI is InChI=1S/C36H41N3O6/c1-24-33(22-39(2)21-32(42)28-10-7-13-31(41)19-28)44-35(45-34(24)27-16-14-26(23-40)15-17-27)29-11-6-12-30(18-29)38-36(43)37-20-25-8-4-3-5-9-25/h3-19,24,32-35,40-42H,20-23H2,1-2H3,(H2,37,38,43)/t24-,32+,33+,34+,35+/m0/s1. The number of hydrogen-bond donors (Lipinski definition) is 5. The van der Waals surface area contributed by atoms with E-state index in [9.17, 15) is 20.1 Å². The maximum absolute atomic E-state index is 12.6. The molecular formula is C36H41N3O6. The van der Waals surface area contributed by atoms with Gasteiger partial charge in [-0.15, -0.1) is 0 Å². The number of amides is 2. The molecule has 9 nitrogen and oxygen atoms in total. The molecule has 0 unspecified atom stereocenters. The van der Waals surface area contributed by atoms with Crippen LogP contribution in [0.15, 0.2) is 103 Å². The number of carbonyl (C=O) groups is 1. The number of phenols is 1. The van der Waals surface area contributed by atoms with Gasteiger partial charge in [0.25, 0.3) is 0 Å². The van der Waals surface area contributed by atoms with Crippen LogP contribution in [0, 0.1) is 5.92 Å². The third kappa shape index (κ3) is 8.69. The van der Waals surface area contributed by atoms with Crippen LogP contribution in [0.1, 0.15) is 53.2 Å². The Morgan fingerprint density at radius 2 is 1.64 bits per heavy atom. The predicted molar refractivity (Wildman–Crippen MR) is 172 cm³/mol. The van der Waals surface area contributed by atoms with Gasteiger partial charge in [-0.25, -0.2) is 4.79 Å². The van der Waals surface area contributed by atoms with Gasteiger partial charge in [0.15, 0.2) is 6.29 Å². The summed E-state index contributed by atoms with van der Waals surface area (Å²) in [6.07, 6.45) is -2.08. The van der Waals surface area contributed by atoms with E-state index in [1.165, 1.54) is 0 Å². The lowest BCUT2D eigenvalue weighted by molar-refractivity contribution is -0.276. The first-order chi connectivity index (χ1) is 21.8. The van der Waals surface area contributed by atoms with Gasteiger partial charge in [0.2, 0.25) is 0 Å². The highest BCUT2D eigenvalue weighted by molar-refractivity contribution is 5.89. The number of phenolic OH excluding ortho intramolecular Hbond substituents is 1. The number of hydrogen-bond acceptors (Lipinski definition) is 7. The van der Waals surface area contributed by atoms with Crippen LogP contribution < -0.4 is 10.6 Å². The van der Waals surface area contributed by atoms with E-state index in [0.29, 0.717) is 30.9 Å². The summed E-state index contributed by atoms with van der Waals surface area (Å²) in [5.74, 6) is 0.0607. The summed E-state index contributed by atoms with van der Waals surface area (Å²) in [4.78, 5) is 14.7. The van der Waals surface area contributed by atoms with Crippen molar-refractivity contribution >= 4 is 11.7 Å². The average molecular weight is 612 g/mol. The summed E-state index contributed by atoms with van der Waals surface area (Å²) in [5.41, 5.74) is 4.79. The Bertz CT molecular complexity index is 1530. The molecule has 4 aromatic rings. The number of urea groups is 1. The predicted octanol–water partition coefficient (Wildman–Crippen LogP) is 5.66. The normalized spacial score (nSPS) is 20.5. The van der Waals surface area contributed by atoms with Gasteiger partial charge in [-0.1, -0.05) is 85.8 Å². The molecule has 1 heterocycles. The Labute approximate surface area is 264 Å². The fourth-order valence-electron chi connectivity index (χ4n) is 5.56. The summed E-state index contributed by atoms with van der Waals surface area (Å²) in [6, 6.07) is 31.2. The van der Waals surface area contributed by atoms with E-state index in [2.05, 4.69) is 17.6 Å². The lowest BCUT2D eigenvalue weighted by Crippen LogP contribution is -2.44. The molecule has 1 fully saturated rings. The molecule has 236 valence electrons. The first kappa shape index (κ1) is 32.2. The second-order valence-corrected chi connectivity index (χ2v) is 11.6. The summed E-state index contributed by atoms with van der Waals surface area (Å²) in [7, 11) is 1.93. The van der Waals surface area contributed by atoms with Gasteiger partial charge in [-0.3, -0.25) is 0 Å². The van der Waals surface area contributed by atoms with E-state index in [1.54, 1.807) is 24.3 Å². The second-order valence-electron chi connectivity index (χ2n) is 11.6. The molecule has 4 aromatic carbocycles. The highest BCUT2D eigenvalue weighted by atomic mass is 16.7. The Balaban J connectivity index is 1.31. The Hall–Kier alpha value is -4.25.